The third-order valence-electron chi connectivity index (χ3n) is 1.48. The molecule has 5 heteroatoms. The van der Waals surface area contributed by atoms with Crippen LogP contribution in [0.25, 0.3) is 0 Å². The van der Waals surface area contributed by atoms with Crippen LogP contribution in [-0.2, 0) is 4.74 Å². The van der Waals surface area contributed by atoms with E-state index >= 15 is 0 Å². The molecule has 0 fully saturated rings. The number of nitrogens with one attached hydrogen (secondary N) is 1. The lowest BCUT2D eigenvalue weighted by Gasteiger charge is -2.05. The van der Waals surface area contributed by atoms with Crippen molar-refractivity contribution in [2.24, 2.45) is 0 Å². The first kappa shape index (κ1) is 13.3. The monoisotopic (exact) mass is 209 g/mol. The standard InChI is InChI=1S/C8H20NO3P/c1-2-6-12-7-5-9-4-3-8-13(10)11/h9-11H,2-8H2,1H3. The van der Waals surface area contributed by atoms with E-state index in [0.717, 1.165) is 39.1 Å². The van der Waals surface area contributed by atoms with Crippen molar-refractivity contribution in [3.63, 3.8) is 0 Å². The highest BCUT2D eigenvalue weighted by atomic mass is 31.2. The molecule has 0 amide bonds. The lowest BCUT2D eigenvalue weighted by atomic mass is 10.5. The molecular formula is C8H20NO3P. The van der Waals surface area contributed by atoms with Crippen LogP contribution in [0.3, 0.4) is 0 Å². The van der Waals surface area contributed by atoms with Gasteiger partial charge in [-0.25, -0.2) is 0 Å². The highest BCUT2D eigenvalue weighted by Gasteiger charge is 1.96. The van der Waals surface area contributed by atoms with Crippen LogP contribution < -0.4 is 5.32 Å². The molecule has 0 rings (SSSR count). The van der Waals surface area contributed by atoms with E-state index in [-0.39, 0.29) is 0 Å². The molecule has 0 bridgehead atoms. The minimum absolute atomic E-state index is 0.498. The average Bonchev–Trinajstić information content (AvgIpc) is 2.09. The summed E-state index contributed by atoms with van der Waals surface area (Å²) in [4.78, 5) is 17.2. The highest BCUT2D eigenvalue weighted by Crippen LogP contribution is 2.22. The van der Waals surface area contributed by atoms with E-state index in [0.29, 0.717) is 6.16 Å². The summed E-state index contributed by atoms with van der Waals surface area (Å²) >= 11 is 0. The van der Waals surface area contributed by atoms with E-state index in [1.807, 2.05) is 0 Å². The Morgan fingerprint density at radius 3 is 2.62 bits per heavy atom. The Balaban J connectivity index is 2.84. The first-order valence-corrected chi connectivity index (χ1v) is 6.14. The van der Waals surface area contributed by atoms with E-state index in [2.05, 4.69) is 12.2 Å². The second-order valence-electron chi connectivity index (χ2n) is 2.81. The zero-order valence-electron chi connectivity index (χ0n) is 8.20. The van der Waals surface area contributed by atoms with Crippen molar-refractivity contribution in [2.75, 3.05) is 32.5 Å². The first-order chi connectivity index (χ1) is 6.27. The maximum Gasteiger partial charge on any atom is 0.164 e. The number of hydrogen-bond donors (Lipinski definition) is 3. The van der Waals surface area contributed by atoms with Gasteiger partial charge in [0.05, 0.1) is 6.61 Å². The summed E-state index contributed by atoms with van der Waals surface area (Å²) in [6.45, 7) is 5.31. The fourth-order valence-electron chi connectivity index (χ4n) is 0.861. The Morgan fingerprint density at radius 1 is 1.23 bits per heavy atom. The summed E-state index contributed by atoms with van der Waals surface area (Å²) < 4.78 is 5.25. The second kappa shape index (κ2) is 10.4. The van der Waals surface area contributed by atoms with E-state index in [1.165, 1.54) is 0 Å². The molecule has 0 radical (unpaired) electrons. The third-order valence-corrected chi connectivity index (χ3v) is 2.20. The van der Waals surface area contributed by atoms with Crippen molar-refractivity contribution >= 4 is 8.38 Å². The van der Waals surface area contributed by atoms with Gasteiger partial charge in [-0.3, -0.25) is 0 Å². The predicted octanol–water partition coefficient (Wildman–Crippen LogP) is 0.689. The van der Waals surface area contributed by atoms with Gasteiger partial charge in [-0.15, -0.1) is 0 Å². The van der Waals surface area contributed by atoms with Gasteiger partial charge >= 0.3 is 0 Å². The molecule has 13 heavy (non-hydrogen) atoms. The molecule has 0 spiro atoms. The topological polar surface area (TPSA) is 61.7 Å². The summed E-state index contributed by atoms with van der Waals surface area (Å²) in [6.07, 6.45) is 2.37. The molecule has 0 aliphatic carbocycles. The fourth-order valence-corrected chi connectivity index (χ4v) is 1.30. The molecule has 0 saturated carbocycles. The third kappa shape index (κ3) is 12.3. The summed E-state index contributed by atoms with van der Waals surface area (Å²) in [5.74, 6) is 0. The Kier molecular flexibility index (Phi) is 10.6. The maximum atomic E-state index is 8.59. The van der Waals surface area contributed by atoms with Gasteiger partial charge in [0, 0.05) is 19.3 Å². The first-order valence-electron chi connectivity index (χ1n) is 4.71. The van der Waals surface area contributed by atoms with Crippen molar-refractivity contribution in [1.29, 1.82) is 0 Å². The van der Waals surface area contributed by atoms with E-state index in [9.17, 15) is 0 Å². The SMILES string of the molecule is CCCOCCNCCCP(O)O. The quantitative estimate of drug-likeness (QED) is 0.386. The Bertz CT molecular complexity index is 103. The van der Waals surface area contributed by atoms with Crippen molar-refractivity contribution in [3.8, 4) is 0 Å². The van der Waals surface area contributed by atoms with E-state index in [4.69, 9.17) is 14.5 Å². The minimum atomic E-state index is -1.70. The van der Waals surface area contributed by atoms with Gasteiger partial charge in [0.15, 0.2) is 8.38 Å². The van der Waals surface area contributed by atoms with Crippen LogP contribution in [-0.4, -0.2) is 42.3 Å². The van der Waals surface area contributed by atoms with Crippen LogP contribution in [0, 0.1) is 0 Å². The average molecular weight is 209 g/mol. The van der Waals surface area contributed by atoms with Gasteiger partial charge in [0.25, 0.3) is 0 Å². The molecule has 0 unspecified atom stereocenters. The lowest BCUT2D eigenvalue weighted by molar-refractivity contribution is 0.136. The molecule has 3 N–H and O–H groups in total. The van der Waals surface area contributed by atoms with Crippen LogP contribution >= 0.6 is 8.38 Å². The Hall–Kier alpha value is 0.270. The molecule has 4 nitrogen and oxygen atoms in total. The van der Waals surface area contributed by atoms with Crippen LogP contribution in [0.15, 0.2) is 0 Å². The molecule has 0 aliphatic rings. The highest BCUT2D eigenvalue weighted by molar-refractivity contribution is 7.45. The molecule has 0 aromatic rings. The zero-order valence-corrected chi connectivity index (χ0v) is 9.09. The molecular weight excluding hydrogens is 189 g/mol. The van der Waals surface area contributed by atoms with Gasteiger partial charge in [-0.1, -0.05) is 6.92 Å². The van der Waals surface area contributed by atoms with Crippen molar-refractivity contribution in [1.82, 2.24) is 5.32 Å². The normalized spacial score (nSPS) is 11.1. The molecule has 0 atom stereocenters. The largest absolute Gasteiger partial charge is 0.380 e. The predicted molar refractivity (Wildman–Crippen MR) is 54.8 cm³/mol. The molecule has 80 valence electrons. The number of ether oxygens (including phenoxy) is 1. The molecule has 0 aromatic heterocycles. The Morgan fingerprint density at radius 2 is 2.00 bits per heavy atom. The molecule has 0 aromatic carbocycles. The van der Waals surface area contributed by atoms with E-state index < -0.39 is 8.38 Å². The Labute approximate surface area is 81.2 Å². The summed E-state index contributed by atoms with van der Waals surface area (Å²) in [5, 5.41) is 3.16. The smallest absolute Gasteiger partial charge is 0.164 e. The van der Waals surface area contributed by atoms with Crippen LogP contribution in [0.2, 0.25) is 0 Å². The fraction of sp³-hybridized carbons (Fsp3) is 1.00. The van der Waals surface area contributed by atoms with Gasteiger partial charge in [-0.2, -0.15) is 0 Å². The zero-order chi connectivity index (χ0) is 9.94. The lowest BCUT2D eigenvalue weighted by Crippen LogP contribution is -2.21. The van der Waals surface area contributed by atoms with Crippen LogP contribution in [0.5, 0.6) is 0 Å². The summed E-state index contributed by atoms with van der Waals surface area (Å²) in [7, 11) is -1.70. The van der Waals surface area contributed by atoms with Crippen LogP contribution in [0.1, 0.15) is 19.8 Å². The van der Waals surface area contributed by atoms with Gasteiger partial charge < -0.3 is 19.8 Å². The summed E-state index contributed by atoms with van der Waals surface area (Å²) in [6, 6.07) is 0. The number of rotatable bonds is 9. The van der Waals surface area contributed by atoms with E-state index in [1.54, 1.807) is 0 Å². The van der Waals surface area contributed by atoms with Crippen LogP contribution in [0.4, 0.5) is 0 Å². The van der Waals surface area contributed by atoms with Gasteiger partial charge in [0.1, 0.15) is 0 Å². The minimum Gasteiger partial charge on any atom is -0.380 e. The van der Waals surface area contributed by atoms with Crippen molar-refractivity contribution in [2.45, 2.75) is 19.8 Å². The van der Waals surface area contributed by atoms with Gasteiger partial charge in [-0.05, 0) is 19.4 Å². The maximum absolute atomic E-state index is 8.59. The molecule has 0 saturated heterocycles. The van der Waals surface area contributed by atoms with Crippen molar-refractivity contribution in [3.05, 3.63) is 0 Å². The van der Waals surface area contributed by atoms with Crippen molar-refractivity contribution < 1.29 is 14.5 Å². The number of hydrogen-bond acceptors (Lipinski definition) is 4. The second-order valence-corrected chi connectivity index (χ2v) is 4.00. The molecule has 0 heterocycles. The van der Waals surface area contributed by atoms with Gasteiger partial charge in [0.2, 0.25) is 0 Å². The molecule has 0 aliphatic heterocycles. The summed E-state index contributed by atoms with van der Waals surface area (Å²) in [5.41, 5.74) is 0.